The summed E-state index contributed by atoms with van der Waals surface area (Å²) >= 11 is 0. The molecule has 0 aliphatic carbocycles. The van der Waals surface area contributed by atoms with Crippen LogP contribution < -0.4 is 9.80 Å². The average molecular weight is 345 g/mol. The minimum absolute atomic E-state index is 0.103. The fourth-order valence-corrected chi connectivity index (χ4v) is 2.98. The van der Waals surface area contributed by atoms with Gasteiger partial charge in [-0.1, -0.05) is 12.1 Å². The largest absolute Gasteiger partial charge is 0.478 e. The summed E-state index contributed by atoms with van der Waals surface area (Å²) in [6.45, 7) is 2.03. The molecule has 1 fully saturated rings. The van der Waals surface area contributed by atoms with Gasteiger partial charge in [0.1, 0.15) is 5.82 Å². The first-order valence-electron chi connectivity index (χ1n) is 7.73. The van der Waals surface area contributed by atoms with Crippen LogP contribution in [0.3, 0.4) is 0 Å². The highest BCUT2D eigenvalue weighted by Crippen LogP contribution is 2.28. The number of benzene rings is 2. The maximum absolute atomic E-state index is 13.9. The molecule has 0 saturated carbocycles. The minimum atomic E-state index is -1.21. The van der Waals surface area contributed by atoms with E-state index in [2.05, 4.69) is 0 Å². The molecule has 0 bridgehead atoms. The van der Waals surface area contributed by atoms with E-state index in [1.807, 2.05) is 9.80 Å². The zero-order valence-corrected chi connectivity index (χ0v) is 13.3. The lowest BCUT2D eigenvalue weighted by Gasteiger charge is -2.37. The molecule has 1 N–H and O–H groups in total. The van der Waals surface area contributed by atoms with Crippen molar-refractivity contribution in [3.05, 3.63) is 64.0 Å². The van der Waals surface area contributed by atoms with Crippen LogP contribution in [0, 0.1) is 15.9 Å². The first kappa shape index (κ1) is 16.7. The first-order chi connectivity index (χ1) is 12.0. The van der Waals surface area contributed by atoms with Crippen LogP contribution in [0.2, 0.25) is 0 Å². The number of rotatable bonds is 4. The fraction of sp³-hybridized carbons (Fsp3) is 0.235. The van der Waals surface area contributed by atoms with E-state index in [4.69, 9.17) is 0 Å². The van der Waals surface area contributed by atoms with E-state index >= 15 is 0 Å². The van der Waals surface area contributed by atoms with Gasteiger partial charge in [0.2, 0.25) is 0 Å². The molecule has 130 valence electrons. The average Bonchev–Trinajstić information content (AvgIpc) is 2.61. The Morgan fingerprint density at radius 2 is 1.64 bits per heavy atom. The van der Waals surface area contributed by atoms with Crippen LogP contribution in [0.5, 0.6) is 0 Å². The number of halogens is 1. The Kier molecular flexibility index (Phi) is 4.51. The van der Waals surface area contributed by atoms with Crippen LogP contribution in [0.25, 0.3) is 0 Å². The van der Waals surface area contributed by atoms with Gasteiger partial charge in [-0.05, 0) is 18.2 Å². The molecule has 0 spiro atoms. The Morgan fingerprint density at radius 3 is 2.20 bits per heavy atom. The molecule has 8 heteroatoms. The van der Waals surface area contributed by atoms with E-state index in [0.717, 1.165) is 6.07 Å². The summed E-state index contributed by atoms with van der Waals surface area (Å²) < 4.78 is 13.9. The van der Waals surface area contributed by atoms with Gasteiger partial charge in [-0.25, -0.2) is 9.18 Å². The van der Waals surface area contributed by atoms with E-state index < -0.39 is 10.9 Å². The van der Waals surface area contributed by atoms with E-state index in [1.54, 1.807) is 18.2 Å². The Hall–Kier alpha value is -3.16. The van der Waals surface area contributed by atoms with Gasteiger partial charge < -0.3 is 14.9 Å². The molecule has 1 aliphatic heterocycles. The molecule has 2 aromatic carbocycles. The topological polar surface area (TPSA) is 86.9 Å². The standard InChI is InChI=1S/C17H16FN3O4/c18-14-3-1-2-4-16(14)20-9-7-19(8-10-20)15-6-5-12(21(24)25)11-13(15)17(22)23/h1-6,11H,7-10H2,(H,22,23). The van der Waals surface area contributed by atoms with Gasteiger partial charge in [0.25, 0.3) is 5.69 Å². The van der Waals surface area contributed by atoms with Crippen LogP contribution in [0.1, 0.15) is 10.4 Å². The number of carboxylic acid groups (broad SMARTS) is 1. The Bertz CT molecular complexity index is 819. The van der Waals surface area contributed by atoms with E-state index in [1.165, 1.54) is 18.2 Å². The molecule has 7 nitrogen and oxygen atoms in total. The summed E-state index contributed by atoms with van der Waals surface area (Å²) in [7, 11) is 0. The third-order valence-corrected chi connectivity index (χ3v) is 4.23. The number of non-ortho nitro benzene ring substituents is 1. The van der Waals surface area contributed by atoms with Gasteiger partial charge in [-0.3, -0.25) is 10.1 Å². The molecule has 0 aromatic heterocycles. The molecule has 2 aromatic rings. The van der Waals surface area contributed by atoms with Crippen LogP contribution in [-0.4, -0.2) is 42.2 Å². The number of nitrogens with zero attached hydrogens (tertiary/aromatic N) is 3. The van der Waals surface area contributed by atoms with Crippen molar-refractivity contribution < 1.29 is 19.2 Å². The van der Waals surface area contributed by atoms with Crippen LogP contribution >= 0.6 is 0 Å². The number of para-hydroxylation sites is 1. The number of carbonyl (C=O) groups is 1. The second-order valence-corrected chi connectivity index (χ2v) is 5.69. The number of aromatic carboxylic acids is 1. The highest BCUT2D eigenvalue weighted by Gasteiger charge is 2.24. The van der Waals surface area contributed by atoms with Gasteiger partial charge >= 0.3 is 5.97 Å². The van der Waals surface area contributed by atoms with Crippen molar-refractivity contribution >= 4 is 23.0 Å². The van der Waals surface area contributed by atoms with E-state index in [0.29, 0.717) is 37.6 Å². The summed E-state index contributed by atoms with van der Waals surface area (Å²) in [5, 5.41) is 20.2. The molecular weight excluding hydrogens is 329 g/mol. The van der Waals surface area contributed by atoms with Crippen molar-refractivity contribution in [1.82, 2.24) is 0 Å². The molecular formula is C17H16FN3O4. The number of hydrogen-bond donors (Lipinski definition) is 1. The van der Waals surface area contributed by atoms with Crippen molar-refractivity contribution in [2.45, 2.75) is 0 Å². The van der Waals surface area contributed by atoms with Crippen LogP contribution in [0.4, 0.5) is 21.5 Å². The fourth-order valence-electron chi connectivity index (χ4n) is 2.98. The monoisotopic (exact) mass is 345 g/mol. The van der Waals surface area contributed by atoms with Crippen LogP contribution in [-0.2, 0) is 0 Å². The van der Waals surface area contributed by atoms with E-state index in [9.17, 15) is 24.4 Å². The Labute approximate surface area is 143 Å². The quantitative estimate of drug-likeness (QED) is 0.677. The maximum atomic E-state index is 13.9. The lowest BCUT2D eigenvalue weighted by Crippen LogP contribution is -2.47. The van der Waals surface area contributed by atoms with Gasteiger partial charge in [0.05, 0.1) is 21.9 Å². The zero-order chi connectivity index (χ0) is 18.0. The summed E-state index contributed by atoms with van der Waals surface area (Å²) in [5.41, 5.74) is 0.593. The highest BCUT2D eigenvalue weighted by molar-refractivity contribution is 5.95. The molecule has 1 aliphatic rings. The summed E-state index contributed by atoms with van der Waals surface area (Å²) in [5.74, 6) is -1.51. The summed E-state index contributed by atoms with van der Waals surface area (Å²) in [6, 6.07) is 10.3. The SMILES string of the molecule is O=C(O)c1cc([N+](=O)[O-])ccc1N1CCN(c2ccccc2F)CC1. The zero-order valence-electron chi connectivity index (χ0n) is 13.3. The Balaban J connectivity index is 1.80. The minimum Gasteiger partial charge on any atom is -0.478 e. The van der Waals surface area contributed by atoms with Gasteiger partial charge in [0.15, 0.2) is 0 Å². The maximum Gasteiger partial charge on any atom is 0.338 e. The van der Waals surface area contributed by atoms with Crippen molar-refractivity contribution in [3.8, 4) is 0 Å². The number of nitro benzene ring substituents is 1. The van der Waals surface area contributed by atoms with E-state index in [-0.39, 0.29) is 17.1 Å². The van der Waals surface area contributed by atoms with Crippen molar-refractivity contribution in [1.29, 1.82) is 0 Å². The van der Waals surface area contributed by atoms with Crippen LogP contribution in [0.15, 0.2) is 42.5 Å². The molecule has 0 atom stereocenters. The molecule has 3 rings (SSSR count). The summed E-state index contributed by atoms with van der Waals surface area (Å²) in [4.78, 5) is 25.4. The van der Waals surface area contributed by atoms with Gasteiger partial charge in [0, 0.05) is 38.3 Å². The third kappa shape index (κ3) is 3.37. The molecule has 0 amide bonds. The van der Waals surface area contributed by atoms with Crippen molar-refractivity contribution in [2.24, 2.45) is 0 Å². The third-order valence-electron chi connectivity index (χ3n) is 4.23. The predicted octanol–water partition coefficient (Wildman–Crippen LogP) is 2.76. The first-order valence-corrected chi connectivity index (χ1v) is 7.73. The normalized spacial score (nSPS) is 14.4. The molecule has 0 unspecified atom stereocenters. The summed E-state index contributed by atoms with van der Waals surface area (Å²) in [6.07, 6.45) is 0. The molecule has 0 radical (unpaired) electrons. The molecule has 1 heterocycles. The van der Waals surface area contributed by atoms with Gasteiger partial charge in [-0.15, -0.1) is 0 Å². The van der Waals surface area contributed by atoms with Crippen molar-refractivity contribution in [2.75, 3.05) is 36.0 Å². The highest BCUT2D eigenvalue weighted by atomic mass is 19.1. The lowest BCUT2D eigenvalue weighted by atomic mass is 10.1. The molecule has 1 saturated heterocycles. The molecule has 25 heavy (non-hydrogen) atoms. The second-order valence-electron chi connectivity index (χ2n) is 5.69. The number of anilines is 2. The second kappa shape index (κ2) is 6.76. The van der Waals surface area contributed by atoms with Crippen molar-refractivity contribution in [3.63, 3.8) is 0 Å². The lowest BCUT2D eigenvalue weighted by molar-refractivity contribution is -0.384. The Morgan fingerprint density at radius 1 is 1.04 bits per heavy atom. The number of hydrogen-bond acceptors (Lipinski definition) is 5. The number of nitro groups is 1. The number of carboxylic acids is 1. The van der Waals surface area contributed by atoms with Gasteiger partial charge in [-0.2, -0.15) is 0 Å². The predicted molar refractivity (Wildman–Crippen MR) is 90.9 cm³/mol. The smallest absolute Gasteiger partial charge is 0.338 e. The number of piperazine rings is 1.